The average Bonchev–Trinajstić information content (AvgIpc) is 3.90. The van der Waals surface area contributed by atoms with E-state index >= 15 is 4.79 Å². The number of aromatic nitrogens is 3. The van der Waals surface area contributed by atoms with Crippen LogP contribution in [0.1, 0.15) is 108 Å². The average molecular weight is 972 g/mol. The van der Waals surface area contributed by atoms with E-state index in [-0.39, 0.29) is 37.2 Å². The van der Waals surface area contributed by atoms with E-state index in [0.29, 0.717) is 32.4 Å². The number of likely N-dealkylation sites (N-methyl/N-ethyl adjacent to an activating group) is 1. The molecule has 0 aliphatic carbocycles. The summed E-state index contributed by atoms with van der Waals surface area (Å²) in [6, 6.07) is 2.72. The summed E-state index contributed by atoms with van der Waals surface area (Å²) >= 11 is 0. The normalized spacial score (nSPS) is 40.6. The van der Waals surface area contributed by atoms with Gasteiger partial charge in [-0.3, -0.25) is 14.6 Å². The van der Waals surface area contributed by atoms with Crippen molar-refractivity contribution in [2.45, 2.75) is 199 Å². The number of pyridine rings is 1. The lowest BCUT2D eigenvalue weighted by Crippen LogP contribution is -2.61. The fraction of sp³-hybridized carbons (Fsp3) is 0.784. The van der Waals surface area contributed by atoms with E-state index < -0.39 is 108 Å². The largest absolute Gasteiger partial charge is 0.458 e. The predicted octanol–water partition coefficient (Wildman–Crippen LogP) is 5.65. The Morgan fingerprint density at radius 3 is 2.25 bits per heavy atom. The van der Waals surface area contributed by atoms with E-state index in [4.69, 9.17) is 37.9 Å². The molecule has 6 rings (SSSR count). The highest BCUT2D eigenvalue weighted by atomic mass is 16.7. The molecule has 18 heteroatoms. The molecule has 2 aromatic rings. The summed E-state index contributed by atoms with van der Waals surface area (Å²) in [5.41, 5.74) is -2.01. The molecular weight excluding hydrogens is 891 g/mol. The monoisotopic (exact) mass is 972 g/mol. The molecule has 6 heterocycles. The van der Waals surface area contributed by atoms with Crippen molar-refractivity contribution in [2.75, 3.05) is 34.9 Å². The maximum Gasteiger partial charge on any atom is 0.410 e. The first-order chi connectivity index (χ1) is 32.5. The van der Waals surface area contributed by atoms with E-state index in [1.165, 1.54) is 7.11 Å². The highest BCUT2D eigenvalue weighted by molar-refractivity contribution is 5.85. The zero-order valence-corrected chi connectivity index (χ0v) is 43.4. The third-order valence-corrected chi connectivity index (χ3v) is 15.8. The fourth-order valence-electron chi connectivity index (χ4n) is 11.6. The maximum absolute atomic E-state index is 15.1. The molecule has 2 N–H and O–H groups in total. The van der Waals surface area contributed by atoms with Gasteiger partial charge in [0.2, 0.25) is 0 Å². The third kappa shape index (κ3) is 11.5. The number of methoxy groups -OCH3 is 2. The lowest BCUT2D eigenvalue weighted by atomic mass is 9.73. The van der Waals surface area contributed by atoms with E-state index in [0.717, 1.165) is 11.3 Å². The summed E-state index contributed by atoms with van der Waals surface area (Å²) in [7, 11) is 6.87. The van der Waals surface area contributed by atoms with Crippen LogP contribution in [0.15, 0.2) is 37.1 Å². The molecule has 0 radical (unpaired) electrons. The lowest BCUT2D eigenvalue weighted by Gasteiger charge is -2.50. The molecule has 388 valence electrons. The number of ether oxygens (including phenoxy) is 8. The number of rotatable bonds is 14. The molecule has 4 fully saturated rings. The Hall–Kier alpha value is -3.59. The Kier molecular flexibility index (Phi) is 17.8. The van der Waals surface area contributed by atoms with Crippen molar-refractivity contribution in [3.8, 4) is 11.3 Å². The molecule has 1 amide bonds. The Morgan fingerprint density at radius 1 is 0.913 bits per heavy atom. The summed E-state index contributed by atoms with van der Waals surface area (Å²) in [6.07, 6.45) is 1.02. The molecule has 0 saturated carbocycles. The zero-order valence-electron chi connectivity index (χ0n) is 43.4. The summed E-state index contributed by atoms with van der Waals surface area (Å²) in [5, 5.41) is 23.0. The number of Topliss-reactive ketones (excluding diaryl/α,β-unsaturated/α-hetero) is 1. The van der Waals surface area contributed by atoms with Crippen LogP contribution >= 0.6 is 0 Å². The predicted molar refractivity (Wildman–Crippen MR) is 254 cm³/mol. The van der Waals surface area contributed by atoms with E-state index in [1.807, 2.05) is 83.4 Å². The minimum atomic E-state index is -1.42. The number of carbonyl (C=O) groups is 3. The second-order valence-corrected chi connectivity index (χ2v) is 21.1. The summed E-state index contributed by atoms with van der Waals surface area (Å²) in [5.74, 6) is -3.91. The van der Waals surface area contributed by atoms with Crippen molar-refractivity contribution in [3.63, 3.8) is 0 Å². The van der Waals surface area contributed by atoms with Gasteiger partial charge in [-0.15, -0.1) is 0 Å². The number of fused-ring (bicyclic) bond motifs is 1. The highest BCUT2D eigenvalue weighted by Crippen LogP contribution is 2.45. The van der Waals surface area contributed by atoms with Crippen LogP contribution in [0.2, 0.25) is 0 Å². The van der Waals surface area contributed by atoms with Gasteiger partial charge in [0.05, 0.1) is 59.6 Å². The topological polar surface area (TPSA) is 203 Å². The Balaban J connectivity index is 1.36. The van der Waals surface area contributed by atoms with Gasteiger partial charge in [0, 0.05) is 81.7 Å². The SMILES string of the molecule is CC[C@@H]1OC(=O)[C@H](C)C(OC2C[C@@](C)(OC)[C@@H](O)[C@H](C)O2)[C@H](C)[C@@H](O[C@@H]2O[C@H](C)C[C@H](N(C)C)[C@H]2O)[C@](C)(OC)C[C@@H](C)C(=O)[C@@H](C)[C@H]2N(CCCCn3cnc(-c4cccnc4)c3)C(=O)O[C@]12C. The van der Waals surface area contributed by atoms with Crippen molar-refractivity contribution in [1.29, 1.82) is 0 Å². The first-order valence-corrected chi connectivity index (χ1v) is 24.9. The van der Waals surface area contributed by atoms with Gasteiger partial charge in [0.25, 0.3) is 0 Å². The van der Waals surface area contributed by atoms with Crippen molar-refractivity contribution < 1.29 is 62.5 Å². The Bertz CT molecular complexity index is 2030. The second kappa shape index (κ2) is 22.4. The van der Waals surface area contributed by atoms with Crippen LogP contribution in [0, 0.1) is 23.7 Å². The summed E-state index contributed by atoms with van der Waals surface area (Å²) < 4.78 is 53.7. The first-order valence-electron chi connectivity index (χ1n) is 24.9. The number of imidazole rings is 1. The quantitative estimate of drug-likeness (QED) is 0.174. The van der Waals surface area contributed by atoms with Gasteiger partial charge in [-0.2, -0.15) is 0 Å². The molecule has 18 nitrogen and oxygen atoms in total. The minimum Gasteiger partial charge on any atom is -0.458 e. The van der Waals surface area contributed by atoms with Crippen LogP contribution in [-0.2, 0) is 54.0 Å². The van der Waals surface area contributed by atoms with E-state index in [1.54, 1.807) is 58.4 Å². The van der Waals surface area contributed by atoms with Crippen molar-refractivity contribution >= 4 is 17.8 Å². The van der Waals surface area contributed by atoms with E-state index in [9.17, 15) is 19.8 Å². The van der Waals surface area contributed by atoms with Crippen LogP contribution in [-0.4, -0.2) is 171 Å². The summed E-state index contributed by atoms with van der Waals surface area (Å²) in [4.78, 5) is 56.6. The molecule has 69 heavy (non-hydrogen) atoms. The van der Waals surface area contributed by atoms with Gasteiger partial charge >= 0.3 is 12.1 Å². The molecule has 0 aromatic carbocycles. The number of hydrogen-bond acceptors (Lipinski definition) is 16. The molecule has 0 bridgehead atoms. The smallest absolute Gasteiger partial charge is 0.410 e. The van der Waals surface area contributed by atoms with Gasteiger partial charge in [0.1, 0.15) is 24.1 Å². The minimum absolute atomic E-state index is 0.126. The maximum atomic E-state index is 15.1. The van der Waals surface area contributed by atoms with E-state index in [2.05, 4.69) is 9.97 Å². The number of ketones is 1. The molecule has 2 unspecified atom stereocenters. The number of unbranched alkanes of at least 4 members (excludes halogenated alkanes) is 1. The van der Waals surface area contributed by atoms with Crippen LogP contribution in [0.4, 0.5) is 4.79 Å². The van der Waals surface area contributed by atoms with Crippen LogP contribution in [0.25, 0.3) is 11.3 Å². The number of carbonyl (C=O) groups excluding carboxylic acids is 3. The third-order valence-electron chi connectivity index (χ3n) is 15.8. The standard InChI is InChI=1S/C51H81N5O13/c1-15-38-51(10)43(56(48(61)69-51)22-17-16-21-55-27-36(53-28-55)35-19-18-20-52-26-35)31(4)40(57)29(2)24-50(9,63-14)45(68-47-41(58)37(54(11)12)23-30(3)64-47)32(5)42(33(6)46(60)66-38)67-39-25-49(8,62-13)44(59)34(7)65-39/h18-20,26-34,37-39,41-45,47,58-59H,15-17,21-25H2,1-14H3/t29-,30-,31-,32+,33-,34+,37+,38+,39?,41-,42?,43-,44+,45-,47+,49-,50-,51-/m1/s1. The molecule has 0 spiro atoms. The number of cyclic esters (lactones) is 1. The number of amides is 1. The molecular formula is C51H81N5O13. The van der Waals surface area contributed by atoms with Crippen LogP contribution in [0.3, 0.4) is 0 Å². The van der Waals surface area contributed by atoms with Crippen LogP contribution < -0.4 is 0 Å². The fourth-order valence-corrected chi connectivity index (χ4v) is 11.6. The van der Waals surface area contributed by atoms with Gasteiger partial charge in [-0.25, -0.2) is 9.78 Å². The molecule has 4 aliphatic rings. The second-order valence-electron chi connectivity index (χ2n) is 21.1. The lowest BCUT2D eigenvalue weighted by molar-refractivity contribution is -0.319. The van der Waals surface area contributed by atoms with Crippen molar-refractivity contribution in [3.05, 3.63) is 37.1 Å². The van der Waals surface area contributed by atoms with Crippen molar-refractivity contribution in [1.82, 2.24) is 24.3 Å². The number of aliphatic hydroxyl groups is 2. The van der Waals surface area contributed by atoms with Gasteiger partial charge in [0.15, 0.2) is 18.2 Å². The number of hydrogen-bond donors (Lipinski definition) is 2. The number of aryl methyl sites for hydroxylation is 1. The van der Waals surface area contributed by atoms with Gasteiger partial charge < -0.3 is 62.5 Å². The van der Waals surface area contributed by atoms with Gasteiger partial charge in [-0.1, -0.05) is 27.7 Å². The number of nitrogens with zero attached hydrogens (tertiary/aromatic N) is 5. The highest BCUT2D eigenvalue weighted by Gasteiger charge is 2.61. The molecule has 2 aromatic heterocycles. The Labute approximate surface area is 409 Å². The van der Waals surface area contributed by atoms with Crippen LogP contribution in [0.5, 0.6) is 0 Å². The molecule has 4 aliphatic heterocycles. The Morgan fingerprint density at radius 2 is 1.61 bits per heavy atom. The molecule has 18 atom stereocenters. The number of esters is 1. The summed E-state index contributed by atoms with van der Waals surface area (Å²) in [6.45, 7) is 19.1. The zero-order chi connectivity index (χ0) is 50.7. The van der Waals surface area contributed by atoms with Gasteiger partial charge in [-0.05, 0) is 99.9 Å². The number of aliphatic hydroxyl groups excluding tert-OH is 2. The molecule has 4 saturated heterocycles. The first kappa shape index (κ1) is 54.7. The van der Waals surface area contributed by atoms with Crippen molar-refractivity contribution in [2.24, 2.45) is 23.7 Å².